The first-order chi connectivity index (χ1) is 8.56. The predicted octanol–water partition coefficient (Wildman–Crippen LogP) is -0.0600. The van der Waals surface area contributed by atoms with Gasteiger partial charge in [0.25, 0.3) is 0 Å². The summed E-state index contributed by atoms with van der Waals surface area (Å²) in [5, 5.41) is 24.5. The second kappa shape index (κ2) is 5.17. The molecule has 0 aliphatic carbocycles. The number of carboxylic acid groups (broad SMARTS) is 1. The molecular weight excluding hydrogens is 256 g/mol. The molecule has 96 valence electrons. The summed E-state index contributed by atoms with van der Waals surface area (Å²) in [6.45, 7) is 2.39. The van der Waals surface area contributed by atoms with Crippen LogP contribution in [0.25, 0.3) is 0 Å². The van der Waals surface area contributed by atoms with Gasteiger partial charge in [-0.25, -0.2) is 4.68 Å². The van der Waals surface area contributed by atoms with Crippen LogP contribution in [0.3, 0.4) is 0 Å². The van der Waals surface area contributed by atoms with E-state index in [2.05, 4.69) is 20.6 Å². The van der Waals surface area contributed by atoms with E-state index < -0.39 is 5.97 Å². The highest BCUT2D eigenvalue weighted by molar-refractivity contribution is 7.99. The highest BCUT2D eigenvalue weighted by Gasteiger charge is 2.11. The third kappa shape index (κ3) is 2.86. The fraction of sp³-hybridized carbons (Fsp3) is 0.444. The molecule has 0 radical (unpaired) electrons. The van der Waals surface area contributed by atoms with Crippen LogP contribution < -0.4 is 0 Å². The molecule has 0 bridgehead atoms. The average molecular weight is 268 g/mol. The molecule has 0 unspecified atom stereocenters. The van der Waals surface area contributed by atoms with Crippen molar-refractivity contribution in [3.8, 4) is 0 Å². The van der Waals surface area contributed by atoms with Crippen molar-refractivity contribution in [2.24, 2.45) is 7.05 Å². The van der Waals surface area contributed by atoms with E-state index in [1.165, 1.54) is 0 Å². The van der Waals surface area contributed by atoms with Crippen molar-refractivity contribution in [3.05, 3.63) is 17.5 Å². The Kier molecular flexibility index (Phi) is 3.60. The summed E-state index contributed by atoms with van der Waals surface area (Å²) in [6, 6.07) is 0. The number of thioether (sulfide) groups is 1. The maximum absolute atomic E-state index is 10.5. The van der Waals surface area contributed by atoms with Gasteiger partial charge in [-0.2, -0.15) is 5.10 Å². The summed E-state index contributed by atoms with van der Waals surface area (Å²) < 4.78 is 3.29. The minimum atomic E-state index is -0.896. The van der Waals surface area contributed by atoms with Crippen molar-refractivity contribution in [1.82, 2.24) is 30.0 Å². The highest BCUT2D eigenvalue weighted by atomic mass is 32.2. The van der Waals surface area contributed by atoms with E-state index in [0.29, 0.717) is 11.7 Å². The molecule has 0 saturated heterocycles. The minimum Gasteiger partial charge on any atom is -0.481 e. The van der Waals surface area contributed by atoms with Crippen molar-refractivity contribution in [2.75, 3.05) is 5.75 Å². The number of hydrogen-bond donors (Lipinski definition) is 1. The Labute approximate surface area is 107 Å². The summed E-state index contributed by atoms with van der Waals surface area (Å²) in [5.74, 6) is -0.959. The van der Waals surface area contributed by atoms with Crippen LogP contribution >= 0.6 is 11.8 Å². The number of carbonyl (C=O) groups is 1. The first kappa shape index (κ1) is 12.6. The lowest BCUT2D eigenvalue weighted by Gasteiger charge is -2.01. The molecule has 9 heteroatoms. The molecule has 8 nitrogen and oxygen atoms in total. The van der Waals surface area contributed by atoms with Crippen LogP contribution in [-0.4, -0.2) is 46.8 Å². The predicted molar refractivity (Wildman–Crippen MR) is 63.2 cm³/mol. The van der Waals surface area contributed by atoms with Crippen molar-refractivity contribution >= 4 is 17.7 Å². The first-order valence-corrected chi connectivity index (χ1v) is 6.14. The maximum atomic E-state index is 10.5. The average Bonchev–Trinajstić information content (AvgIpc) is 2.84. The fourth-order valence-electron chi connectivity index (χ4n) is 1.49. The Morgan fingerprint density at radius 2 is 2.33 bits per heavy atom. The van der Waals surface area contributed by atoms with Crippen LogP contribution in [-0.2, 0) is 18.4 Å². The smallest absolute Gasteiger partial charge is 0.313 e. The van der Waals surface area contributed by atoms with Crippen molar-refractivity contribution in [2.45, 2.75) is 18.6 Å². The van der Waals surface area contributed by atoms with E-state index in [-0.39, 0.29) is 5.75 Å². The Balaban J connectivity index is 2.12. The van der Waals surface area contributed by atoms with E-state index in [9.17, 15) is 4.79 Å². The molecule has 2 heterocycles. The third-order valence-electron chi connectivity index (χ3n) is 2.26. The van der Waals surface area contributed by atoms with Crippen molar-refractivity contribution < 1.29 is 9.90 Å². The molecule has 0 aliphatic rings. The molecule has 18 heavy (non-hydrogen) atoms. The number of aromatic nitrogens is 6. The zero-order chi connectivity index (χ0) is 13.1. The molecular formula is C9H12N6O2S. The van der Waals surface area contributed by atoms with Crippen LogP contribution in [0.15, 0.2) is 11.4 Å². The van der Waals surface area contributed by atoms with Crippen molar-refractivity contribution in [3.63, 3.8) is 0 Å². The Hall–Kier alpha value is -1.90. The Morgan fingerprint density at radius 3 is 2.94 bits per heavy atom. The van der Waals surface area contributed by atoms with Gasteiger partial charge < -0.3 is 5.11 Å². The van der Waals surface area contributed by atoms with Gasteiger partial charge in [0.05, 0.1) is 18.0 Å². The molecule has 0 saturated carbocycles. The third-order valence-corrected chi connectivity index (χ3v) is 3.20. The van der Waals surface area contributed by atoms with Gasteiger partial charge in [0.15, 0.2) is 0 Å². The van der Waals surface area contributed by atoms with E-state index in [1.807, 2.05) is 20.2 Å². The maximum Gasteiger partial charge on any atom is 0.313 e. The molecule has 0 fully saturated rings. The molecule has 0 aromatic carbocycles. The molecule has 0 spiro atoms. The van der Waals surface area contributed by atoms with Crippen molar-refractivity contribution in [1.29, 1.82) is 0 Å². The van der Waals surface area contributed by atoms with Gasteiger partial charge in [0.1, 0.15) is 0 Å². The SMILES string of the molecule is Cc1nn(C)cc1Cn1nnnc1SCC(=O)O. The van der Waals surface area contributed by atoms with Crippen LogP contribution in [0.4, 0.5) is 0 Å². The molecule has 1 N–H and O–H groups in total. The summed E-state index contributed by atoms with van der Waals surface area (Å²) in [6.07, 6.45) is 1.89. The Bertz CT molecular complexity index is 563. The lowest BCUT2D eigenvalue weighted by molar-refractivity contribution is -0.133. The topological polar surface area (TPSA) is 98.7 Å². The van der Waals surface area contributed by atoms with Gasteiger partial charge in [0.2, 0.25) is 5.16 Å². The quantitative estimate of drug-likeness (QED) is 0.758. The molecule has 0 aliphatic heterocycles. The van der Waals surface area contributed by atoms with Gasteiger partial charge in [-0.15, -0.1) is 5.10 Å². The summed E-state index contributed by atoms with van der Waals surface area (Å²) in [4.78, 5) is 10.5. The number of aliphatic carboxylic acids is 1. The number of nitrogens with zero attached hydrogens (tertiary/aromatic N) is 6. The zero-order valence-corrected chi connectivity index (χ0v) is 10.8. The molecule has 2 rings (SSSR count). The number of aryl methyl sites for hydroxylation is 2. The van der Waals surface area contributed by atoms with Crippen LogP contribution in [0.2, 0.25) is 0 Å². The van der Waals surface area contributed by atoms with E-state index >= 15 is 0 Å². The van der Waals surface area contributed by atoms with Gasteiger partial charge in [-0.3, -0.25) is 9.48 Å². The lowest BCUT2D eigenvalue weighted by atomic mass is 10.3. The monoisotopic (exact) mass is 268 g/mol. The second-order valence-corrected chi connectivity index (χ2v) is 4.66. The van der Waals surface area contributed by atoms with Gasteiger partial charge in [-0.05, 0) is 17.4 Å². The number of hydrogen-bond acceptors (Lipinski definition) is 6. The van der Waals surface area contributed by atoms with Gasteiger partial charge >= 0.3 is 5.97 Å². The fourth-order valence-corrected chi connectivity index (χ4v) is 2.09. The first-order valence-electron chi connectivity index (χ1n) is 5.16. The van der Waals surface area contributed by atoms with Crippen LogP contribution in [0, 0.1) is 6.92 Å². The molecule has 2 aromatic heterocycles. The summed E-state index contributed by atoms with van der Waals surface area (Å²) in [5.41, 5.74) is 1.91. The minimum absolute atomic E-state index is 0.0631. The van der Waals surface area contributed by atoms with Crippen LogP contribution in [0.1, 0.15) is 11.3 Å². The zero-order valence-electron chi connectivity index (χ0n) is 9.94. The number of carboxylic acids is 1. The normalized spacial score (nSPS) is 10.8. The van der Waals surface area contributed by atoms with E-state index in [1.54, 1.807) is 9.36 Å². The van der Waals surface area contributed by atoms with Gasteiger partial charge in [-0.1, -0.05) is 11.8 Å². The largest absolute Gasteiger partial charge is 0.481 e. The van der Waals surface area contributed by atoms with E-state index in [4.69, 9.17) is 5.11 Å². The second-order valence-electron chi connectivity index (χ2n) is 3.71. The summed E-state index contributed by atoms with van der Waals surface area (Å²) in [7, 11) is 1.84. The van der Waals surface area contributed by atoms with E-state index in [0.717, 1.165) is 23.0 Å². The number of rotatable bonds is 5. The summed E-state index contributed by atoms with van der Waals surface area (Å²) >= 11 is 1.09. The number of tetrazole rings is 1. The highest BCUT2D eigenvalue weighted by Crippen LogP contribution is 2.15. The molecule has 0 atom stereocenters. The molecule has 2 aromatic rings. The molecule has 0 amide bonds. The Morgan fingerprint density at radius 1 is 1.56 bits per heavy atom. The standard InChI is InChI=1S/C9H12N6O2S/c1-6-7(3-14(2)11-6)4-15-9(10-12-13-15)18-5-8(16)17/h3H,4-5H2,1-2H3,(H,16,17). The van der Waals surface area contributed by atoms with Crippen LogP contribution in [0.5, 0.6) is 0 Å². The van der Waals surface area contributed by atoms with Gasteiger partial charge in [0, 0.05) is 18.8 Å². The lowest BCUT2D eigenvalue weighted by Crippen LogP contribution is -2.06.